The van der Waals surface area contributed by atoms with E-state index >= 15 is 0 Å². The highest BCUT2D eigenvalue weighted by atomic mass is 16.3. The fraction of sp³-hybridized carbons (Fsp3) is 0.875. The van der Waals surface area contributed by atoms with Crippen molar-refractivity contribution in [2.24, 2.45) is 7.05 Å². The first kappa shape index (κ1) is 9.39. The number of rotatable bonds is 3. The Bertz CT molecular complexity index is 304. The molecule has 1 aliphatic carbocycles. The summed E-state index contributed by atoms with van der Waals surface area (Å²) in [6, 6.07) is 0. The maximum Gasteiger partial charge on any atom is 0.242 e. The molecule has 78 valence electrons. The van der Waals surface area contributed by atoms with Gasteiger partial charge in [-0.1, -0.05) is 17.9 Å². The van der Waals surface area contributed by atoms with Crippen molar-refractivity contribution in [2.45, 2.75) is 31.3 Å². The molecule has 0 aromatic carbocycles. The summed E-state index contributed by atoms with van der Waals surface area (Å²) in [6.45, 7) is 0.529. The van der Waals surface area contributed by atoms with Crippen LogP contribution in [0.15, 0.2) is 0 Å². The fourth-order valence-electron chi connectivity index (χ4n) is 1.83. The molecule has 0 unspecified atom stereocenters. The first-order valence-electron chi connectivity index (χ1n) is 4.88. The average Bonchev–Trinajstić information content (AvgIpc) is 2.73. The molecule has 2 N–H and O–H groups in total. The van der Waals surface area contributed by atoms with Gasteiger partial charge >= 0.3 is 0 Å². The quantitative estimate of drug-likeness (QED) is 0.709. The van der Waals surface area contributed by atoms with Crippen molar-refractivity contribution in [1.29, 1.82) is 0 Å². The predicted molar refractivity (Wildman–Crippen MR) is 50.7 cm³/mol. The average molecular weight is 197 g/mol. The van der Waals surface area contributed by atoms with Crippen LogP contribution in [0.4, 0.5) is 5.95 Å². The van der Waals surface area contributed by atoms with Crippen molar-refractivity contribution in [1.82, 2.24) is 20.2 Å². The molecular weight excluding hydrogens is 182 g/mol. The van der Waals surface area contributed by atoms with Crippen LogP contribution in [-0.4, -0.2) is 37.5 Å². The van der Waals surface area contributed by atoms with Gasteiger partial charge in [-0.05, 0) is 23.3 Å². The zero-order valence-electron chi connectivity index (χ0n) is 8.27. The van der Waals surface area contributed by atoms with Crippen molar-refractivity contribution < 1.29 is 5.11 Å². The summed E-state index contributed by atoms with van der Waals surface area (Å²) in [6.07, 6.45) is 3.95. The zero-order valence-corrected chi connectivity index (χ0v) is 8.27. The van der Waals surface area contributed by atoms with E-state index < -0.39 is 5.60 Å². The third-order valence-corrected chi connectivity index (χ3v) is 2.73. The van der Waals surface area contributed by atoms with Crippen LogP contribution in [0.5, 0.6) is 0 Å². The van der Waals surface area contributed by atoms with Crippen molar-refractivity contribution in [3.8, 4) is 0 Å². The van der Waals surface area contributed by atoms with Gasteiger partial charge in [0.2, 0.25) is 5.95 Å². The Hall–Kier alpha value is -1.17. The molecule has 0 saturated heterocycles. The number of hydrogen-bond donors (Lipinski definition) is 2. The van der Waals surface area contributed by atoms with Crippen LogP contribution in [0, 0.1) is 0 Å². The molecule has 14 heavy (non-hydrogen) atoms. The number of anilines is 1. The summed E-state index contributed by atoms with van der Waals surface area (Å²) in [5.41, 5.74) is -0.564. The molecule has 0 spiro atoms. The molecule has 1 heterocycles. The van der Waals surface area contributed by atoms with Gasteiger partial charge in [0.1, 0.15) is 0 Å². The second-order valence-corrected chi connectivity index (χ2v) is 3.91. The molecule has 2 rings (SSSR count). The van der Waals surface area contributed by atoms with E-state index in [1.807, 2.05) is 0 Å². The molecule has 0 atom stereocenters. The Morgan fingerprint density at radius 3 is 2.79 bits per heavy atom. The minimum absolute atomic E-state index is 0.529. The van der Waals surface area contributed by atoms with E-state index in [1.165, 1.54) is 0 Å². The zero-order chi connectivity index (χ0) is 10.0. The second-order valence-electron chi connectivity index (χ2n) is 3.91. The van der Waals surface area contributed by atoms with Gasteiger partial charge in [-0.15, -0.1) is 0 Å². The standard InChI is InChI=1S/C8H15N5O/c1-13-7(10-11-12-13)9-6-8(14)4-2-3-5-8/h14H,2-6H2,1H3,(H,9,10,12). The number of aryl methyl sites for hydroxylation is 1. The lowest BCUT2D eigenvalue weighted by atomic mass is 10.0. The Balaban J connectivity index is 1.91. The van der Waals surface area contributed by atoms with Gasteiger partial charge in [0, 0.05) is 13.6 Å². The Morgan fingerprint density at radius 1 is 1.50 bits per heavy atom. The van der Waals surface area contributed by atoms with Gasteiger partial charge in [0.25, 0.3) is 0 Å². The Kier molecular flexibility index (Phi) is 2.37. The minimum atomic E-state index is -0.564. The summed E-state index contributed by atoms with van der Waals surface area (Å²) in [5, 5.41) is 24.1. The molecule has 1 saturated carbocycles. The fourth-order valence-corrected chi connectivity index (χ4v) is 1.83. The van der Waals surface area contributed by atoms with Crippen LogP contribution >= 0.6 is 0 Å². The SMILES string of the molecule is Cn1nnnc1NCC1(O)CCCC1. The van der Waals surface area contributed by atoms with Gasteiger partial charge in [0.05, 0.1) is 5.60 Å². The third-order valence-electron chi connectivity index (χ3n) is 2.73. The molecule has 6 heteroatoms. The maximum absolute atomic E-state index is 10.0. The van der Waals surface area contributed by atoms with E-state index in [9.17, 15) is 5.11 Å². The highest BCUT2D eigenvalue weighted by Crippen LogP contribution is 2.29. The molecule has 0 aliphatic heterocycles. The Labute approximate surface area is 82.3 Å². The number of hydrogen-bond acceptors (Lipinski definition) is 5. The summed E-state index contributed by atoms with van der Waals surface area (Å²) in [7, 11) is 1.76. The highest BCUT2D eigenvalue weighted by Gasteiger charge is 2.31. The smallest absolute Gasteiger partial charge is 0.242 e. The monoisotopic (exact) mass is 197 g/mol. The molecule has 0 radical (unpaired) electrons. The summed E-state index contributed by atoms with van der Waals surface area (Å²) in [4.78, 5) is 0. The number of nitrogens with one attached hydrogen (secondary N) is 1. The number of aliphatic hydroxyl groups is 1. The van der Waals surface area contributed by atoms with E-state index in [4.69, 9.17) is 0 Å². The second kappa shape index (κ2) is 3.53. The largest absolute Gasteiger partial charge is 0.388 e. The van der Waals surface area contributed by atoms with Gasteiger partial charge in [-0.3, -0.25) is 0 Å². The minimum Gasteiger partial charge on any atom is -0.388 e. The van der Waals surface area contributed by atoms with E-state index in [0.29, 0.717) is 12.5 Å². The molecule has 1 fully saturated rings. The van der Waals surface area contributed by atoms with E-state index in [-0.39, 0.29) is 0 Å². The van der Waals surface area contributed by atoms with Crippen LogP contribution in [0.2, 0.25) is 0 Å². The lowest BCUT2D eigenvalue weighted by Gasteiger charge is -2.21. The normalized spacial score (nSPS) is 19.9. The molecule has 1 aromatic heterocycles. The first-order chi connectivity index (χ1) is 6.70. The van der Waals surface area contributed by atoms with Crippen molar-refractivity contribution in [3.63, 3.8) is 0 Å². The van der Waals surface area contributed by atoms with Crippen LogP contribution in [0.1, 0.15) is 25.7 Å². The third kappa shape index (κ3) is 1.84. The van der Waals surface area contributed by atoms with Crippen LogP contribution in [0.25, 0.3) is 0 Å². The van der Waals surface area contributed by atoms with Gasteiger partial charge < -0.3 is 10.4 Å². The van der Waals surface area contributed by atoms with Crippen LogP contribution < -0.4 is 5.32 Å². The van der Waals surface area contributed by atoms with Crippen molar-refractivity contribution in [2.75, 3.05) is 11.9 Å². The topological polar surface area (TPSA) is 75.9 Å². The summed E-state index contributed by atoms with van der Waals surface area (Å²) >= 11 is 0. The van der Waals surface area contributed by atoms with E-state index in [2.05, 4.69) is 20.8 Å². The number of aromatic nitrogens is 4. The summed E-state index contributed by atoms with van der Waals surface area (Å²) in [5.74, 6) is 0.602. The first-order valence-corrected chi connectivity index (χ1v) is 4.88. The highest BCUT2D eigenvalue weighted by molar-refractivity contribution is 5.22. The molecular formula is C8H15N5O. The van der Waals surface area contributed by atoms with Crippen molar-refractivity contribution in [3.05, 3.63) is 0 Å². The number of nitrogens with zero attached hydrogens (tertiary/aromatic N) is 4. The van der Waals surface area contributed by atoms with Gasteiger partial charge in [-0.25, -0.2) is 4.68 Å². The maximum atomic E-state index is 10.0. The molecule has 6 nitrogen and oxygen atoms in total. The molecule has 1 aliphatic rings. The molecule has 0 amide bonds. The number of tetrazole rings is 1. The van der Waals surface area contributed by atoms with Gasteiger partial charge in [-0.2, -0.15) is 0 Å². The Morgan fingerprint density at radius 2 is 2.21 bits per heavy atom. The predicted octanol–water partition coefficient (Wildman–Crippen LogP) is -0.0729. The molecule has 0 bridgehead atoms. The lowest BCUT2D eigenvalue weighted by Crippen LogP contribution is -2.34. The van der Waals surface area contributed by atoms with Crippen LogP contribution in [-0.2, 0) is 7.05 Å². The van der Waals surface area contributed by atoms with Crippen LogP contribution in [0.3, 0.4) is 0 Å². The van der Waals surface area contributed by atoms with Crippen molar-refractivity contribution >= 4 is 5.95 Å². The van der Waals surface area contributed by atoms with E-state index in [0.717, 1.165) is 25.7 Å². The van der Waals surface area contributed by atoms with E-state index in [1.54, 1.807) is 11.7 Å². The van der Waals surface area contributed by atoms with Gasteiger partial charge in [0.15, 0.2) is 0 Å². The molecule has 1 aromatic rings. The summed E-state index contributed by atoms with van der Waals surface area (Å²) < 4.78 is 1.55. The lowest BCUT2D eigenvalue weighted by molar-refractivity contribution is 0.0612.